The summed E-state index contributed by atoms with van der Waals surface area (Å²) in [4.78, 5) is 23.7. The van der Waals surface area contributed by atoms with E-state index < -0.39 is 5.97 Å². The van der Waals surface area contributed by atoms with Crippen LogP contribution < -0.4 is 5.32 Å². The minimum atomic E-state index is -0.413. The van der Waals surface area contributed by atoms with E-state index in [4.69, 9.17) is 4.74 Å². The highest BCUT2D eigenvalue weighted by Crippen LogP contribution is 2.18. The number of hydrogen-bond acceptors (Lipinski definition) is 4. The van der Waals surface area contributed by atoms with Gasteiger partial charge in [-0.1, -0.05) is 36.4 Å². The van der Waals surface area contributed by atoms with Crippen LogP contribution in [0.25, 0.3) is 0 Å². The third kappa shape index (κ3) is 5.42. The number of anilines is 1. The molecule has 0 aliphatic carbocycles. The molecular weight excluding hydrogens is 322 g/mol. The van der Waals surface area contributed by atoms with Crippen molar-refractivity contribution < 1.29 is 14.3 Å². The van der Waals surface area contributed by atoms with Gasteiger partial charge in [0.2, 0.25) is 5.91 Å². The quantitative estimate of drug-likeness (QED) is 0.609. The number of carbonyl (C=O) groups is 2. The smallest absolute Gasteiger partial charge is 0.337 e. The monoisotopic (exact) mass is 343 g/mol. The fourth-order valence-electron chi connectivity index (χ4n) is 2.14. The number of rotatable bonds is 7. The summed E-state index contributed by atoms with van der Waals surface area (Å²) in [7, 11) is 1.34. The van der Waals surface area contributed by atoms with Gasteiger partial charge >= 0.3 is 5.97 Å². The molecule has 0 saturated heterocycles. The zero-order valence-electron chi connectivity index (χ0n) is 13.9. The highest BCUT2D eigenvalue weighted by atomic mass is 32.2. The van der Waals surface area contributed by atoms with Crippen LogP contribution in [0, 0.1) is 6.92 Å². The molecule has 24 heavy (non-hydrogen) atoms. The van der Waals surface area contributed by atoms with E-state index in [0.717, 1.165) is 17.1 Å². The number of aryl methyl sites for hydroxylation is 1. The SMILES string of the molecule is COC(=O)c1ccc(C)c(NC(=O)CCSCc2ccccc2)c1. The molecule has 2 aromatic rings. The first-order chi connectivity index (χ1) is 11.6. The third-order valence-electron chi connectivity index (χ3n) is 3.52. The number of amides is 1. The maximum absolute atomic E-state index is 12.1. The Labute approximate surface area is 146 Å². The molecular formula is C19H21NO3S. The van der Waals surface area contributed by atoms with Crippen LogP contribution in [-0.2, 0) is 15.3 Å². The lowest BCUT2D eigenvalue weighted by Gasteiger charge is -2.10. The Balaban J connectivity index is 1.82. The van der Waals surface area contributed by atoms with Crippen LogP contribution in [0.15, 0.2) is 48.5 Å². The molecule has 0 saturated carbocycles. The molecule has 0 bridgehead atoms. The van der Waals surface area contributed by atoms with Crippen molar-refractivity contribution in [1.82, 2.24) is 0 Å². The zero-order valence-corrected chi connectivity index (χ0v) is 14.7. The Hall–Kier alpha value is -2.27. The van der Waals surface area contributed by atoms with E-state index in [9.17, 15) is 9.59 Å². The summed E-state index contributed by atoms with van der Waals surface area (Å²) in [5.74, 6) is 1.17. The number of methoxy groups -OCH3 is 1. The van der Waals surface area contributed by atoms with E-state index in [1.807, 2.05) is 25.1 Å². The molecule has 0 heterocycles. The number of ether oxygens (including phenoxy) is 1. The van der Waals surface area contributed by atoms with Gasteiger partial charge in [0.05, 0.1) is 12.7 Å². The molecule has 0 spiro atoms. The highest BCUT2D eigenvalue weighted by molar-refractivity contribution is 7.98. The van der Waals surface area contributed by atoms with E-state index in [1.165, 1.54) is 12.7 Å². The molecule has 1 amide bonds. The van der Waals surface area contributed by atoms with E-state index in [2.05, 4.69) is 17.4 Å². The topological polar surface area (TPSA) is 55.4 Å². The van der Waals surface area contributed by atoms with Crippen molar-refractivity contribution >= 4 is 29.3 Å². The van der Waals surface area contributed by atoms with Crippen molar-refractivity contribution in [2.75, 3.05) is 18.2 Å². The van der Waals surface area contributed by atoms with Crippen molar-refractivity contribution in [2.24, 2.45) is 0 Å². The van der Waals surface area contributed by atoms with Crippen molar-refractivity contribution in [3.05, 3.63) is 65.2 Å². The Bertz CT molecular complexity index is 701. The average molecular weight is 343 g/mol. The lowest BCUT2D eigenvalue weighted by Crippen LogP contribution is -2.14. The number of carbonyl (C=O) groups excluding carboxylic acids is 2. The summed E-state index contributed by atoms with van der Waals surface area (Å²) in [5, 5.41) is 2.87. The molecule has 2 rings (SSSR count). The van der Waals surface area contributed by atoms with E-state index >= 15 is 0 Å². The fraction of sp³-hybridized carbons (Fsp3) is 0.263. The molecule has 0 aliphatic rings. The Morgan fingerprint density at radius 2 is 1.88 bits per heavy atom. The van der Waals surface area contributed by atoms with Crippen LogP contribution in [0.1, 0.15) is 27.9 Å². The molecule has 0 atom stereocenters. The van der Waals surface area contributed by atoms with Gasteiger partial charge in [0.1, 0.15) is 0 Å². The minimum absolute atomic E-state index is 0.0549. The number of hydrogen-bond donors (Lipinski definition) is 1. The predicted octanol–water partition coefficient (Wildman–Crippen LogP) is 4.04. The maximum atomic E-state index is 12.1. The predicted molar refractivity (Wildman–Crippen MR) is 98.4 cm³/mol. The Morgan fingerprint density at radius 3 is 2.58 bits per heavy atom. The van der Waals surface area contributed by atoms with E-state index in [-0.39, 0.29) is 5.91 Å². The van der Waals surface area contributed by atoms with Crippen molar-refractivity contribution in [1.29, 1.82) is 0 Å². The van der Waals surface area contributed by atoms with Crippen LogP contribution in [-0.4, -0.2) is 24.7 Å². The van der Waals surface area contributed by atoms with Crippen LogP contribution in [0.5, 0.6) is 0 Å². The molecule has 2 aromatic carbocycles. The highest BCUT2D eigenvalue weighted by Gasteiger charge is 2.10. The van der Waals surface area contributed by atoms with Gasteiger partial charge in [0, 0.05) is 23.6 Å². The summed E-state index contributed by atoms with van der Waals surface area (Å²) in [6.07, 6.45) is 0.430. The van der Waals surface area contributed by atoms with Gasteiger partial charge in [-0.25, -0.2) is 4.79 Å². The van der Waals surface area contributed by atoms with Crippen LogP contribution in [0.4, 0.5) is 5.69 Å². The second-order valence-corrected chi connectivity index (χ2v) is 6.46. The largest absolute Gasteiger partial charge is 0.465 e. The first-order valence-electron chi connectivity index (χ1n) is 7.70. The summed E-state index contributed by atoms with van der Waals surface area (Å²) in [5.41, 5.74) is 3.24. The second-order valence-electron chi connectivity index (χ2n) is 5.36. The van der Waals surface area contributed by atoms with Crippen molar-refractivity contribution in [3.8, 4) is 0 Å². The molecule has 4 nitrogen and oxygen atoms in total. The first kappa shape index (κ1) is 18.1. The average Bonchev–Trinajstić information content (AvgIpc) is 2.61. The molecule has 5 heteroatoms. The lowest BCUT2D eigenvalue weighted by molar-refractivity contribution is -0.115. The zero-order chi connectivity index (χ0) is 17.4. The van der Waals surface area contributed by atoms with Gasteiger partial charge in [-0.05, 0) is 30.2 Å². The standard InChI is InChI=1S/C19H21NO3S/c1-14-8-9-16(19(22)23-2)12-17(14)20-18(21)10-11-24-13-15-6-4-3-5-7-15/h3-9,12H,10-11,13H2,1-2H3,(H,20,21). The molecule has 0 radical (unpaired) electrons. The number of nitrogens with one attached hydrogen (secondary N) is 1. The summed E-state index contributed by atoms with van der Waals surface area (Å²) in [6.45, 7) is 1.89. The van der Waals surface area contributed by atoms with Crippen LogP contribution in [0.2, 0.25) is 0 Å². The van der Waals surface area contributed by atoms with E-state index in [0.29, 0.717) is 17.7 Å². The van der Waals surface area contributed by atoms with Crippen LogP contribution >= 0.6 is 11.8 Å². The maximum Gasteiger partial charge on any atom is 0.337 e. The summed E-state index contributed by atoms with van der Waals surface area (Å²) >= 11 is 1.73. The van der Waals surface area contributed by atoms with Crippen molar-refractivity contribution in [3.63, 3.8) is 0 Å². The number of esters is 1. The summed E-state index contributed by atoms with van der Waals surface area (Å²) in [6, 6.07) is 15.3. The third-order valence-corrected chi connectivity index (χ3v) is 4.55. The normalized spacial score (nSPS) is 10.2. The van der Waals surface area contributed by atoms with Gasteiger partial charge in [0.25, 0.3) is 0 Å². The Morgan fingerprint density at radius 1 is 1.12 bits per heavy atom. The first-order valence-corrected chi connectivity index (χ1v) is 8.86. The van der Waals surface area contributed by atoms with Gasteiger partial charge in [-0.15, -0.1) is 0 Å². The second kappa shape index (κ2) is 9.13. The molecule has 0 unspecified atom stereocenters. The number of benzene rings is 2. The lowest BCUT2D eigenvalue weighted by atomic mass is 10.1. The van der Waals surface area contributed by atoms with Gasteiger partial charge < -0.3 is 10.1 Å². The van der Waals surface area contributed by atoms with E-state index in [1.54, 1.807) is 30.0 Å². The molecule has 126 valence electrons. The van der Waals surface area contributed by atoms with Crippen LogP contribution in [0.3, 0.4) is 0 Å². The molecule has 1 N–H and O–H groups in total. The van der Waals surface area contributed by atoms with Crippen molar-refractivity contribution in [2.45, 2.75) is 19.1 Å². The van der Waals surface area contributed by atoms with Gasteiger partial charge in [0.15, 0.2) is 0 Å². The fourth-order valence-corrected chi connectivity index (χ4v) is 3.05. The van der Waals surface area contributed by atoms with Gasteiger partial charge in [-0.3, -0.25) is 4.79 Å². The molecule has 0 fully saturated rings. The molecule has 0 aliphatic heterocycles. The minimum Gasteiger partial charge on any atom is -0.465 e. The molecule has 0 aromatic heterocycles. The Kier molecular flexibility index (Phi) is 6.88. The van der Waals surface area contributed by atoms with Gasteiger partial charge in [-0.2, -0.15) is 11.8 Å². The summed E-state index contributed by atoms with van der Waals surface area (Å²) < 4.78 is 4.70. The number of thioether (sulfide) groups is 1.